The van der Waals surface area contributed by atoms with Gasteiger partial charge in [0.05, 0.1) is 10.6 Å². The van der Waals surface area contributed by atoms with Gasteiger partial charge in [0.2, 0.25) is 0 Å². The van der Waals surface area contributed by atoms with Crippen LogP contribution in [-0.2, 0) is 5.41 Å². The van der Waals surface area contributed by atoms with E-state index in [0.717, 1.165) is 43.6 Å². The molecule has 0 radical (unpaired) electrons. The van der Waals surface area contributed by atoms with Crippen LogP contribution in [0.2, 0.25) is 5.02 Å². The maximum Gasteiger partial charge on any atom is 0.258 e. The van der Waals surface area contributed by atoms with Crippen molar-refractivity contribution in [3.63, 3.8) is 0 Å². The summed E-state index contributed by atoms with van der Waals surface area (Å²) < 4.78 is 15.4. The van der Waals surface area contributed by atoms with Crippen molar-refractivity contribution in [2.24, 2.45) is 5.92 Å². The number of aliphatic hydroxyl groups is 1. The van der Waals surface area contributed by atoms with Crippen LogP contribution in [-0.4, -0.2) is 48.1 Å². The first-order valence-corrected chi connectivity index (χ1v) is 10.5. The number of halogens is 2. The van der Waals surface area contributed by atoms with Gasteiger partial charge in [0.25, 0.3) is 5.91 Å². The number of benzene rings is 1. The number of pyridine rings is 1. The van der Waals surface area contributed by atoms with E-state index in [4.69, 9.17) is 17.3 Å². The molecule has 0 bridgehead atoms. The minimum absolute atomic E-state index is 0.0839. The Morgan fingerprint density at radius 1 is 1.37 bits per heavy atom. The largest absolute Gasteiger partial charge is 0.398 e. The third-order valence-electron chi connectivity index (χ3n) is 6.54. The summed E-state index contributed by atoms with van der Waals surface area (Å²) in [5.41, 5.74) is 7.23. The number of amides is 1. The highest BCUT2D eigenvalue weighted by atomic mass is 35.5. The number of aromatic nitrogens is 1. The van der Waals surface area contributed by atoms with Crippen molar-refractivity contribution in [1.29, 1.82) is 0 Å². The van der Waals surface area contributed by atoms with E-state index in [0.29, 0.717) is 16.5 Å². The van der Waals surface area contributed by atoms with Crippen LogP contribution in [0.3, 0.4) is 0 Å². The summed E-state index contributed by atoms with van der Waals surface area (Å²) in [5, 5.41) is 13.3. The van der Waals surface area contributed by atoms with Gasteiger partial charge in [0.15, 0.2) is 0 Å². The topological polar surface area (TPSA) is 91.5 Å². The molecule has 8 heteroatoms. The molecule has 1 aromatic heterocycles. The zero-order valence-electron chi connectivity index (χ0n) is 17.1. The molecule has 0 atom stereocenters. The number of nitrogens with zero attached hydrogens (tertiary/aromatic N) is 2. The van der Waals surface area contributed by atoms with E-state index in [1.54, 1.807) is 26.4 Å². The Morgan fingerprint density at radius 3 is 2.70 bits per heavy atom. The molecule has 1 aromatic carbocycles. The van der Waals surface area contributed by atoms with Crippen molar-refractivity contribution in [2.45, 2.75) is 31.1 Å². The standard InChI is InChI=1S/C22H26ClFN4O2/c1-28(2)21(30)16-15(25)4-3-13(19(16)24)14-9-26-20-17(18(14)23)22(11-27-20)7-5-12(10-29)6-8-22/h3-4,9,12,29H,5-8,10-11,25H2,1-2H3,(H,26,27). The summed E-state index contributed by atoms with van der Waals surface area (Å²) in [4.78, 5) is 18.3. The van der Waals surface area contributed by atoms with Crippen LogP contribution >= 0.6 is 11.6 Å². The second-order valence-electron chi connectivity index (χ2n) is 8.56. The van der Waals surface area contributed by atoms with Gasteiger partial charge in [-0.2, -0.15) is 0 Å². The fourth-order valence-electron chi connectivity index (χ4n) is 4.72. The number of hydrogen-bond acceptors (Lipinski definition) is 5. The molecule has 30 heavy (non-hydrogen) atoms. The second-order valence-corrected chi connectivity index (χ2v) is 8.94. The Bertz CT molecular complexity index is 1000. The molecule has 2 aliphatic rings. The lowest BCUT2D eigenvalue weighted by Crippen LogP contribution is -2.34. The summed E-state index contributed by atoms with van der Waals surface area (Å²) in [6.07, 6.45) is 5.15. The molecule has 0 saturated heterocycles. The van der Waals surface area contributed by atoms with E-state index in [1.807, 2.05) is 0 Å². The molecule has 2 heterocycles. The molecule has 1 amide bonds. The molecule has 1 spiro atoms. The van der Waals surface area contributed by atoms with Crippen molar-refractivity contribution in [1.82, 2.24) is 9.88 Å². The molecule has 6 nitrogen and oxygen atoms in total. The predicted octanol–water partition coefficient (Wildman–Crippen LogP) is 3.67. The van der Waals surface area contributed by atoms with Crippen LogP contribution in [0.4, 0.5) is 15.9 Å². The van der Waals surface area contributed by atoms with E-state index in [-0.39, 0.29) is 28.8 Å². The molecule has 160 valence electrons. The third kappa shape index (κ3) is 3.20. The van der Waals surface area contributed by atoms with Crippen LogP contribution in [0.15, 0.2) is 18.3 Å². The summed E-state index contributed by atoms with van der Waals surface area (Å²) in [6.45, 7) is 0.924. The summed E-state index contributed by atoms with van der Waals surface area (Å²) in [7, 11) is 3.10. The number of fused-ring (bicyclic) bond motifs is 2. The third-order valence-corrected chi connectivity index (χ3v) is 6.94. The summed E-state index contributed by atoms with van der Waals surface area (Å²) in [6, 6.07) is 3.07. The highest BCUT2D eigenvalue weighted by molar-refractivity contribution is 6.34. The average Bonchev–Trinajstić information content (AvgIpc) is 3.08. The number of carbonyl (C=O) groups is 1. The number of nitrogens with one attached hydrogen (secondary N) is 1. The smallest absolute Gasteiger partial charge is 0.258 e. The van der Waals surface area contributed by atoms with Gasteiger partial charge in [-0.15, -0.1) is 0 Å². The Hall–Kier alpha value is -2.38. The minimum Gasteiger partial charge on any atom is -0.398 e. The van der Waals surface area contributed by atoms with Gasteiger partial charge in [-0.05, 0) is 43.7 Å². The Balaban J connectivity index is 1.81. The van der Waals surface area contributed by atoms with Crippen molar-refractivity contribution >= 4 is 29.0 Å². The van der Waals surface area contributed by atoms with Crippen LogP contribution in [0.1, 0.15) is 41.6 Å². The van der Waals surface area contributed by atoms with Gasteiger partial charge in [-0.25, -0.2) is 9.37 Å². The molecule has 1 aliphatic carbocycles. The van der Waals surface area contributed by atoms with Gasteiger partial charge in [0.1, 0.15) is 11.6 Å². The number of rotatable bonds is 3. The zero-order valence-corrected chi connectivity index (χ0v) is 17.9. The van der Waals surface area contributed by atoms with E-state index >= 15 is 4.39 Å². The molecule has 1 saturated carbocycles. The predicted molar refractivity (Wildman–Crippen MR) is 116 cm³/mol. The number of anilines is 2. The van der Waals surface area contributed by atoms with Crippen LogP contribution < -0.4 is 11.1 Å². The van der Waals surface area contributed by atoms with E-state index in [2.05, 4.69) is 10.3 Å². The zero-order chi connectivity index (χ0) is 21.6. The van der Waals surface area contributed by atoms with Gasteiger partial charge in [-0.1, -0.05) is 11.6 Å². The van der Waals surface area contributed by atoms with Crippen LogP contribution in [0.5, 0.6) is 0 Å². The number of nitrogen functional groups attached to an aromatic ring is 1. The van der Waals surface area contributed by atoms with Gasteiger partial charge >= 0.3 is 0 Å². The lowest BCUT2D eigenvalue weighted by molar-refractivity contribution is 0.0824. The normalized spacial score (nSPS) is 22.6. The Labute approximate surface area is 180 Å². The summed E-state index contributed by atoms with van der Waals surface area (Å²) >= 11 is 6.87. The van der Waals surface area contributed by atoms with Crippen molar-refractivity contribution < 1.29 is 14.3 Å². The van der Waals surface area contributed by atoms with E-state index in [1.165, 1.54) is 11.0 Å². The summed E-state index contributed by atoms with van der Waals surface area (Å²) in [5.74, 6) is -0.158. The average molecular weight is 433 g/mol. The first-order valence-electron chi connectivity index (χ1n) is 10.1. The number of hydrogen-bond donors (Lipinski definition) is 3. The van der Waals surface area contributed by atoms with Crippen LogP contribution in [0, 0.1) is 11.7 Å². The molecular weight excluding hydrogens is 407 g/mol. The van der Waals surface area contributed by atoms with Gasteiger partial charge in [-0.3, -0.25) is 4.79 Å². The molecule has 1 fully saturated rings. The van der Waals surface area contributed by atoms with E-state index in [9.17, 15) is 9.90 Å². The molecule has 0 unspecified atom stereocenters. The second kappa shape index (κ2) is 7.71. The lowest BCUT2D eigenvalue weighted by atomic mass is 9.68. The molecule has 2 aromatic rings. The maximum atomic E-state index is 15.4. The highest BCUT2D eigenvalue weighted by Crippen LogP contribution is 2.52. The quantitative estimate of drug-likeness (QED) is 0.643. The Morgan fingerprint density at radius 2 is 2.07 bits per heavy atom. The maximum absolute atomic E-state index is 15.4. The van der Waals surface area contributed by atoms with Gasteiger partial charge < -0.3 is 21.1 Å². The SMILES string of the molecule is CN(C)C(=O)c1c(N)ccc(-c2cnc3c(c2Cl)C2(CCC(CO)CC2)CN3)c1F. The number of aliphatic hydroxyl groups excluding tert-OH is 1. The number of nitrogens with two attached hydrogens (primary N) is 1. The lowest BCUT2D eigenvalue weighted by Gasteiger charge is -2.37. The number of carbonyl (C=O) groups excluding carboxylic acids is 1. The van der Waals surface area contributed by atoms with Crippen molar-refractivity contribution in [2.75, 3.05) is 38.3 Å². The molecule has 4 rings (SSSR count). The first-order chi connectivity index (χ1) is 14.3. The fourth-order valence-corrected chi connectivity index (χ4v) is 5.16. The monoisotopic (exact) mass is 432 g/mol. The fraction of sp³-hybridized carbons (Fsp3) is 0.455. The molecule has 4 N–H and O–H groups in total. The highest BCUT2D eigenvalue weighted by Gasteiger charge is 2.44. The first kappa shape index (κ1) is 20.9. The minimum atomic E-state index is -0.693. The molecular formula is C22H26ClFN4O2. The van der Waals surface area contributed by atoms with Crippen molar-refractivity contribution in [3.05, 3.63) is 40.3 Å². The van der Waals surface area contributed by atoms with Gasteiger partial charge in [0, 0.05) is 61.2 Å². The Kier molecular flexibility index (Phi) is 5.36. The molecule has 1 aliphatic heterocycles. The van der Waals surface area contributed by atoms with Crippen LogP contribution in [0.25, 0.3) is 11.1 Å². The van der Waals surface area contributed by atoms with E-state index < -0.39 is 11.7 Å². The van der Waals surface area contributed by atoms with Crippen molar-refractivity contribution in [3.8, 4) is 11.1 Å².